The van der Waals surface area contributed by atoms with Gasteiger partial charge >= 0.3 is 0 Å². The number of nitrogens with zero attached hydrogens (tertiary/aromatic N) is 2. The van der Waals surface area contributed by atoms with Crippen molar-refractivity contribution in [1.29, 1.82) is 5.26 Å². The molecule has 3 nitrogen and oxygen atoms in total. The Kier molecular flexibility index (Phi) is 7.46. The van der Waals surface area contributed by atoms with E-state index in [1.165, 1.54) is 36.8 Å². The molecule has 0 spiro atoms. The summed E-state index contributed by atoms with van der Waals surface area (Å²) in [5.41, 5.74) is 9.17. The van der Waals surface area contributed by atoms with Crippen LogP contribution in [0.4, 0.5) is 0 Å². The Morgan fingerprint density at radius 3 is 2.26 bits per heavy atom. The molecule has 0 atom stereocenters. The van der Waals surface area contributed by atoms with Gasteiger partial charge in [-0.05, 0) is 79.5 Å². The molecule has 2 aromatic carbocycles. The van der Waals surface area contributed by atoms with Crippen molar-refractivity contribution in [2.75, 3.05) is 13.1 Å². The van der Waals surface area contributed by atoms with E-state index in [-0.39, 0.29) is 0 Å². The monoisotopic (exact) mass is 425 g/mol. The first kappa shape index (κ1) is 20.1. The molecule has 0 amide bonds. The van der Waals surface area contributed by atoms with Gasteiger partial charge in [0.25, 0.3) is 0 Å². The highest BCUT2D eigenvalue weighted by Gasteiger charge is 2.22. The van der Waals surface area contributed by atoms with Gasteiger partial charge in [0.15, 0.2) is 0 Å². The number of nitriles is 1. The molecule has 2 N–H and O–H groups in total. The van der Waals surface area contributed by atoms with Crippen molar-refractivity contribution in [3.8, 4) is 6.07 Å². The minimum atomic E-state index is 0.720. The molecule has 3 rings (SSSR count). The van der Waals surface area contributed by atoms with E-state index < -0.39 is 0 Å². The zero-order valence-electron chi connectivity index (χ0n) is 15.8. The Morgan fingerprint density at radius 2 is 1.63 bits per heavy atom. The summed E-state index contributed by atoms with van der Waals surface area (Å²) in [6, 6.07) is 18.8. The maximum Gasteiger partial charge on any atom is 0.0991 e. The fourth-order valence-electron chi connectivity index (χ4n) is 4.04. The lowest BCUT2D eigenvalue weighted by atomic mass is 9.82. The standard InChI is InChI=1S/C23H28BrN3/c24-23-3-1-2-22(12-23)17-27(15-20-8-4-18(13-25)5-9-20)16-21-10-6-19(14-26)7-11-21/h1-5,8-9,12,19,21H,6-7,10-11,14-17,26H2. The van der Waals surface area contributed by atoms with Gasteiger partial charge in [-0.2, -0.15) is 5.26 Å². The van der Waals surface area contributed by atoms with Crippen LogP contribution >= 0.6 is 15.9 Å². The molecule has 4 heteroatoms. The number of hydrogen-bond acceptors (Lipinski definition) is 3. The van der Waals surface area contributed by atoms with Crippen LogP contribution in [0.2, 0.25) is 0 Å². The van der Waals surface area contributed by atoms with E-state index in [9.17, 15) is 0 Å². The molecule has 1 aliphatic carbocycles. The van der Waals surface area contributed by atoms with Crippen LogP contribution < -0.4 is 5.73 Å². The smallest absolute Gasteiger partial charge is 0.0991 e. The molecule has 0 heterocycles. The van der Waals surface area contributed by atoms with Crippen molar-refractivity contribution < 1.29 is 0 Å². The van der Waals surface area contributed by atoms with Gasteiger partial charge in [-0.15, -0.1) is 0 Å². The summed E-state index contributed by atoms with van der Waals surface area (Å²) in [6.07, 6.45) is 5.10. The highest BCUT2D eigenvalue weighted by atomic mass is 79.9. The second kappa shape index (κ2) is 10.0. The van der Waals surface area contributed by atoms with Crippen LogP contribution in [-0.2, 0) is 13.1 Å². The molecule has 142 valence electrons. The number of halogens is 1. The summed E-state index contributed by atoms with van der Waals surface area (Å²) >= 11 is 3.59. The van der Waals surface area contributed by atoms with Crippen LogP contribution in [0.25, 0.3) is 0 Å². The molecule has 0 saturated heterocycles. The molecule has 1 fully saturated rings. The molecular weight excluding hydrogens is 398 g/mol. The molecular formula is C23H28BrN3. The van der Waals surface area contributed by atoms with Crippen LogP contribution in [0.3, 0.4) is 0 Å². The summed E-state index contributed by atoms with van der Waals surface area (Å²) in [4.78, 5) is 2.55. The number of rotatable bonds is 7. The second-order valence-corrected chi connectivity index (χ2v) is 8.65. The highest BCUT2D eigenvalue weighted by Crippen LogP contribution is 2.29. The van der Waals surface area contributed by atoms with Gasteiger partial charge in [0, 0.05) is 24.1 Å². The maximum absolute atomic E-state index is 9.02. The Bertz CT molecular complexity index is 758. The van der Waals surface area contributed by atoms with Crippen LogP contribution in [0, 0.1) is 23.2 Å². The minimum absolute atomic E-state index is 0.720. The van der Waals surface area contributed by atoms with E-state index in [0.29, 0.717) is 0 Å². The average molecular weight is 426 g/mol. The third-order valence-corrected chi connectivity index (χ3v) is 6.09. The predicted octanol–water partition coefficient (Wildman–Crippen LogP) is 5.09. The van der Waals surface area contributed by atoms with Gasteiger partial charge in [-0.3, -0.25) is 4.90 Å². The van der Waals surface area contributed by atoms with Crippen LogP contribution in [-0.4, -0.2) is 18.0 Å². The summed E-state index contributed by atoms with van der Waals surface area (Å²) in [6.45, 7) is 3.80. The minimum Gasteiger partial charge on any atom is -0.330 e. The molecule has 1 aliphatic rings. The van der Waals surface area contributed by atoms with E-state index in [1.54, 1.807) is 0 Å². The van der Waals surface area contributed by atoms with Crippen molar-refractivity contribution in [3.05, 3.63) is 69.7 Å². The zero-order chi connectivity index (χ0) is 19.1. The van der Waals surface area contributed by atoms with Crippen molar-refractivity contribution in [2.45, 2.75) is 38.8 Å². The Morgan fingerprint density at radius 1 is 0.963 bits per heavy atom. The van der Waals surface area contributed by atoms with E-state index in [2.05, 4.69) is 63.3 Å². The Hall–Kier alpha value is -1.67. The summed E-state index contributed by atoms with van der Waals surface area (Å²) < 4.78 is 1.13. The molecule has 0 aliphatic heterocycles. The molecule has 2 aromatic rings. The van der Waals surface area contributed by atoms with E-state index in [1.807, 2.05) is 12.1 Å². The lowest BCUT2D eigenvalue weighted by Gasteiger charge is -2.32. The molecule has 27 heavy (non-hydrogen) atoms. The van der Waals surface area contributed by atoms with E-state index in [4.69, 9.17) is 11.0 Å². The van der Waals surface area contributed by atoms with Gasteiger partial charge in [-0.25, -0.2) is 0 Å². The second-order valence-electron chi connectivity index (χ2n) is 7.73. The van der Waals surface area contributed by atoms with E-state index in [0.717, 1.165) is 48.1 Å². The largest absolute Gasteiger partial charge is 0.330 e. The summed E-state index contributed by atoms with van der Waals surface area (Å²) in [5, 5.41) is 9.02. The van der Waals surface area contributed by atoms with Gasteiger partial charge in [0.2, 0.25) is 0 Å². The molecule has 1 saturated carbocycles. The fraction of sp³-hybridized carbons (Fsp3) is 0.435. The molecule has 0 radical (unpaired) electrons. The van der Waals surface area contributed by atoms with Crippen molar-refractivity contribution in [2.24, 2.45) is 17.6 Å². The maximum atomic E-state index is 9.02. The highest BCUT2D eigenvalue weighted by molar-refractivity contribution is 9.10. The quantitative estimate of drug-likeness (QED) is 0.671. The normalized spacial score (nSPS) is 19.8. The first-order chi connectivity index (χ1) is 13.2. The van der Waals surface area contributed by atoms with Crippen LogP contribution in [0.15, 0.2) is 53.0 Å². The van der Waals surface area contributed by atoms with E-state index >= 15 is 0 Å². The third kappa shape index (κ3) is 6.17. The topological polar surface area (TPSA) is 53.0 Å². The SMILES string of the molecule is N#Cc1ccc(CN(Cc2cccc(Br)c2)CC2CCC(CN)CC2)cc1. The Labute approximate surface area is 171 Å². The number of benzene rings is 2. The first-order valence-corrected chi connectivity index (χ1v) is 10.6. The van der Waals surface area contributed by atoms with Gasteiger partial charge in [-0.1, -0.05) is 40.2 Å². The van der Waals surface area contributed by atoms with Crippen molar-refractivity contribution in [3.63, 3.8) is 0 Å². The summed E-state index contributed by atoms with van der Waals surface area (Å²) in [5.74, 6) is 1.47. The van der Waals surface area contributed by atoms with Crippen molar-refractivity contribution in [1.82, 2.24) is 4.90 Å². The number of nitrogens with two attached hydrogens (primary N) is 1. The Balaban J connectivity index is 1.68. The summed E-state index contributed by atoms with van der Waals surface area (Å²) in [7, 11) is 0. The van der Waals surface area contributed by atoms with Gasteiger partial charge in [0.1, 0.15) is 0 Å². The third-order valence-electron chi connectivity index (χ3n) is 5.60. The fourth-order valence-corrected chi connectivity index (χ4v) is 4.48. The molecule has 0 unspecified atom stereocenters. The van der Waals surface area contributed by atoms with Crippen molar-refractivity contribution >= 4 is 15.9 Å². The lowest BCUT2D eigenvalue weighted by Crippen LogP contribution is -2.32. The first-order valence-electron chi connectivity index (χ1n) is 9.82. The van der Waals surface area contributed by atoms with Gasteiger partial charge < -0.3 is 5.73 Å². The van der Waals surface area contributed by atoms with Crippen LogP contribution in [0.1, 0.15) is 42.4 Å². The van der Waals surface area contributed by atoms with Crippen LogP contribution in [0.5, 0.6) is 0 Å². The lowest BCUT2D eigenvalue weighted by molar-refractivity contribution is 0.170. The van der Waals surface area contributed by atoms with Gasteiger partial charge in [0.05, 0.1) is 11.6 Å². The molecule has 0 bridgehead atoms. The zero-order valence-corrected chi connectivity index (χ0v) is 17.4. The number of hydrogen-bond donors (Lipinski definition) is 1. The average Bonchev–Trinajstić information content (AvgIpc) is 2.69. The molecule has 0 aromatic heterocycles. The predicted molar refractivity (Wildman–Crippen MR) is 114 cm³/mol.